The minimum absolute atomic E-state index is 0.145. The molecule has 1 saturated heterocycles. The lowest BCUT2D eigenvalue weighted by molar-refractivity contribution is -0.130. The summed E-state index contributed by atoms with van der Waals surface area (Å²) in [6.45, 7) is 9.15. The highest BCUT2D eigenvalue weighted by molar-refractivity contribution is 5.79. The van der Waals surface area contributed by atoms with Gasteiger partial charge in [-0.1, -0.05) is 26.0 Å². The number of anilines is 1. The summed E-state index contributed by atoms with van der Waals surface area (Å²) in [7, 11) is 0. The van der Waals surface area contributed by atoms with Crippen LogP contribution < -0.4 is 4.90 Å². The third kappa shape index (κ3) is 4.45. The molecule has 1 amide bonds. The Hall–Kier alpha value is -3.36. The van der Waals surface area contributed by atoms with Crippen molar-refractivity contribution < 1.29 is 4.79 Å². The Morgan fingerprint density at radius 1 is 1.07 bits per heavy atom. The molecule has 0 unspecified atom stereocenters. The first kappa shape index (κ1) is 19.9. The third-order valence-corrected chi connectivity index (χ3v) is 5.24. The van der Waals surface area contributed by atoms with Crippen LogP contribution in [0.4, 0.5) is 5.82 Å². The lowest BCUT2D eigenvalue weighted by Crippen LogP contribution is -2.49. The minimum Gasteiger partial charge on any atom is -0.353 e. The quantitative estimate of drug-likeness (QED) is 0.637. The standard InChI is InChI=1S/C21H26N8O/c1-15(2)21-23-16(3)12-19(24-21)27-8-10-28(11-9-27)20(30)13-17-4-6-18(7-5-17)29-14-22-25-26-29/h4-7,12,14-15H,8-11,13H2,1-3H3. The highest BCUT2D eigenvalue weighted by Crippen LogP contribution is 2.19. The highest BCUT2D eigenvalue weighted by Gasteiger charge is 2.23. The summed E-state index contributed by atoms with van der Waals surface area (Å²) in [6.07, 6.45) is 1.93. The smallest absolute Gasteiger partial charge is 0.227 e. The van der Waals surface area contributed by atoms with E-state index in [1.54, 1.807) is 11.0 Å². The SMILES string of the molecule is Cc1cc(N2CCN(C(=O)Cc3ccc(-n4cnnn4)cc3)CC2)nc(C(C)C)n1. The number of rotatable bonds is 5. The molecule has 0 atom stereocenters. The molecule has 9 heteroatoms. The van der Waals surface area contributed by atoms with Gasteiger partial charge in [0.05, 0.1) is 12.1 Å². The van der Waals surface area contributed by atoms with E-state index in [-0.39, 0.29) is 5.91 Å². The molecule has 1 aromatic carbocycles. The van der Waals surface area contributed by atoms with Crippen LogP contribution in [-0.4, -0.2) is 67.2 Å². The first-order valence-electron chi connectivity index (χ1n) is 10.2. The van der Waals surface area contributed by atoms with E-state index in [1.165, 1.54) is 0 Å². The fourth-order valence-corrected chi connectivity index (χ4v) is 3.51. The van der Waals surface area contributed by atoms with Gasteiger partial charge in [-0.2, -0.15) is 0 Å². The first-order chi connectivity index (χ1) is 14.5. The second kappa shape index (κ2) is 8.56. The first-order valence-corrected chi connectivity index (χ1v) is 10.2. The minimum atomic E-state index is 0.145. The number of carbonyl (C=O) groups is 1. The van der Waals surface area contributed by atoms with Gasteiger partial charge in [-0.15, -0.1) is 5.10 Å². The van der Waals surface area contributed by atoms with Crippen LogP contribution in [0.2, 0.25) is 0 Å². The summed E-state index contributed by atoms with van der Waals surface area (Å²) >= 11 is 0. The zero-order valence-electron chi connectivity index (χ0n) is 17.6. The molecule has 0 bridgehead atoms. The Morgan fingerprint density at radius 3 is 2.43 bits per heavy atom. The van der Waals surface area contributed by atoms with E-state index in [1.807, 2.05) is 42.2 Å². The van der Waals surface area contributed by atoms with Crippen molar-refractivity contribution in [1.82, 2.24) is 35.1 Å². The number of amides is 1. The highest BCUT2D eigenvalue weighted by atomic mass is 16.2. The molecule has 3 aromatic rings. The van der Waals surface area contributed by atoms with Crippen molar-refractivity contribution in [3.05, 3.63) is 53.7 Å². The number of hydrogen-bond acceptors (Lipinski definition) is 7. The number of aryl methyl sites for hydroxylation is 1. The van der Waals surface area contributed by atoms with E-state index < -0.39 is 0 Å². The third-order valence-electron chi connectivity index (χ3n) is 5.24. The number of benzene rings is 1. The molecule has 0 N–H and O–H groups in total. The van der Waals surface area contributed by atoms with Crippen LogP contribution in [-0.2, 0) is 11.2 Å². The molecule has 1 aliphatic rings. The van der Waals surface area contributed by atoms with Crippen molar-refractivity contribution >= 4 is 11.7 Å². The molecule has 0 spiro atoms. The van der Waals surface area contributed by atoms with Crippen LogP contribution in [0.25, 0.3) is 5.69 Å². The summed E-state index contributed by atoms with van der Waals surface area (Å²) in [4.78, 5) is 26.2. The second-order valence-corrected chi connectivity index (χ2v) is 7.85. The number of piperazine rings is 1. The maximum absolute atomic E-state index is 12.8. The maximum Gasteiger partial charge on any atom is 0.227 e. The zero-order valence-corrected chi connectivity index (χ0v) is 17.6. The van der Waals surface area contributed by atoms with Gasteiger partial charge in [-0.25, -0.2) is 14.6 Å². The number of nitrogens with zero attached hydrogens (tertiary/aromatic N) is 8. The van der Waals surface area contributed by atoms with Crippen LogP contribution in [0.1, 0.15) is 36.8 Å². The van der Waals surface area contributed by atoms with Gasteiger partial charge < -0.3 is 9.80 Å². The van der Waals surface area contributed by atoms with Crippen molar-refractivity contribution in [3.63, 3.8) is 0 Å². The Balaban J connectivity index is 1.34. The second-order valence-electron chi connectivity index (χ2n) is 7.85. The zero-order chi connectivity index (χ0) is 21.1. The summed E-state index contributed by atoms with van der Waals surface area (Å²) in [5.41, 5.74) is 2.82. The van der Waals surface area contributed by atoms with Crippen LogP contribution in [0, 0.1) is 6.92 Å². The monoisotopic (exact) mass is 406 g/mol. The molecule has 4 rings (SSSR count). The van der Waals surface area contributed by atoms with Gasteiger partial charge in [0.15, 0.2) is 0 Å². The maximum atomic E-state index is 12.8. The van der Waals surface area contributed by atoms with Gasteiger partial charge in [-0.3, -0.25) is 4.79 Å². The van der Waals surface area contributed by atoms with Crippen molar-refractivity contribution in [2.45, 2.75) is 33.1 Å². The molecule has 156 valence electrons. The molecular weight excluding hydrogens is 380 g/mol. The Labute approximate surface area is 175 Å². The van der Waals surface area contributed by atoms with Gasteiger partial charge in [0.1, 0.15) is 18.0 Å². The topological polar surface area (TPSA) is 92.9 Å². The summed E-state index contributed by atoms with van der Waals surface area (Å²) in [6, 6.07) is 9.75. The predicted molar refractivity (Wildman–Crippen MR) is 113 cm³/mol. The van der Waals surface area contributed by atoms with Gasteiger partial charge in [-0.05, 0) is 35.0 Å². The average Bonchev–Trinajstić information content (AvgIpc) is 3.29. The number of aromatic nitrogens is 6. The van der Waals surface area contributed by atoms with Crippen LogP contribution in [0.15, 0.2) is 36.7 Å². The van der Waals surface area contributed by atoms with Crippen molar-refractivity contribution in [2.75, 3.05) is 31.1 Å². The van der Waals surface area contributed by atoms with Gasteiger partial charge in [0.2, 0.25) is 5.91 Å². The van der Waals surface area contributed by atoms with E-state index in [4.69, 9.17) is 4.98 Å². The van der Waals surface area contributed by atoms with Crippen LogP contribution in [0.5, 0.6) is 0 Å². The van der Waals surface area contributed by atoms with E-state index in [0.29, 0.717) is 25.4 Å². The van der Waals surface area contributed by atoms with Gasteiger partial charge in [0.25, 0.3) is 0 Å². The Morgan fingerprint density at radius 2 is 1.80 bits per heavy atom. The van der Waals surface area contributed by atoms with E-state index in [9.17, 15) is 4.79 Å². The number of hydrogen-bond donors (Lipinski definition) is 0. The summed E-state index contributed by atoms with van der Waals surface area (Å²) in [5, 5.41) is 11.1. The lowest BCUT2D eigenvalue weighted by Gasteiger charge is -2.35. The molecule has 0 radical (unpaired) electrons. The normalized spacial score (nSPS) is 14.4. The molecule has 9 nitrogen and oxygen atoms in total. The molecule has 0 aliphatic carbocycles. The molecule has 30 heavy (non-hydrogen) atoms. The largest absolute Gasteiger partial charge is 0.353 e. The summed E-state index contributed by atoms with van der Waals surface area (Å²) in [5.74, 6) is 2.26. The fourth-order valence-electron chi connectivity index (χ4n) is 3.51. The van der Waals surface area contributed by atoms with Crippen LogP contribution in [0.3, 0.4) is 0 Å². The molecule has 2 aromatic heterocycles. The molecular formula is C21H26N8O. The van der Waals surface area contributed by atoms with E-state index in [0.717, 1.165) is 41.7 Å². The van der Waals surface area contributed by atoms with E-state index in [2.05, 4.69) is 39.3 Å². The van der Waals surface area contributed by atoms with Gasteiger partial charge >= 0.3 is 0 Å². The summed E-state index contributed by atoms with van der Waals surface area (Å²) < 4.78 is 1.59. The molecule has 1 aliphatic heterocycles. The van der Waals surface area contributed by atoms with Gasteiger partial charge in [0, 0.05) is 43.9 Å². The Bertz CT molecular complexity index is 992. The number of tetrazole rings is 1. The lowest BCUT2D eigenvalue weighted by atomic mass is 10.1. The Kier molecular flexibility index (Phi) is 5.69. The van der Waals surface area contributed by atoms with Crippen LogP contribution >= 0.6 is 0 Å². The molecule has 0 saturated carbocycles. The van der Waals surface area contributed by atoms with Crippen molar-refractivity contribution in [2.24, 2.45) is 0 Å². The number of carbonyl (C=O) groups excluding carboxylic acids is 1. The molecule has 1 fully saturated rings. The van der Waals surface area contributed by atoms with Crippen molar-refractivity contribution in [1.29, 1.82) is 0 Å². The fraction of sp³-hybridized carbons (Fsp3) is 0.429. The van der Waals surface area contributed by atoms with E-state index >= 15 is 0 Å². The average molecular weight is 406 g/mol. The molecule has 3 heterocycles. The van der Waals surface area contributed by atoms with Crippen molar-refractivity contribution in [3.8, 4) is 5.69 Å². The predicted octanol–water partition coefficient (Wildman–Crippen LogP) is 1.78.